The van der Waals surface area contributed by atoms with Crippen molar-refractivity contribution in [3.05, 3.63) is 34.7 Å². The molecule has 0 saturated carbocycles. The van der Waals surface area contributed by atoms with Crippen molar-refractivity contribution in [2.45, 2.75) is 32.4 Å². The smallest absolute Gasteiger partial charge is 0.165 e. The Balaban J connectivity index is 1.60. The van der Waals surface area contributed by atoms with Gasteiger partial charge in [-0.1, -0.05) is 0 Å². The SMILES string of the molecule is Cc1ccc(-c2cc(O)c3c(c2)CN(CC2CCCO2)CCO3)s1. The van der Waals surface area contributed by atoms with Crippen molar-refractivity contribution < 1.29 is 14.6 Å². The largest absolute Gasteiger partial charge is 0.504 e. The van der Waals surface area contributed by atoms with E-state index in [1.54, 1.807) is 11.3 Å². The molecule has 1 saturated heterocycles. The van der Waals surface area contributed by atoms with Crippen molar-refractivity contribution in [2.24, 2.45) is 0 Å². The number of fused-ring (bicyclic) bond motifs is 1. The van der Waals surface area contributed by atoms with Gasteiger partial charge in [-0.3, -0.25) is 4.90 Å². The second kappa shape index (κ2) is 6.75. The second-order valence-electron chi connectivity index (χ2n) is 6.61. The molecule has 24 heavy (non-hydrogen) atoms. The standard InChI is InChI=1S/C19H23NO3S/c1-13-4-5-18(24-13)14-9-15-11-20(12-16-3-2-7-22-16)6-8-23-19(15)17(21)10-14/h4-5,9-10,16,21H,2-3,6-8,11-12H2,1H3. The minimum Gasteiger partial charge on any atom is -0.504 e. The lowest BCUT2D eigenvalue weighted by Crippen LogP contribution is -2.33. The predicted molar refractivity (Wildman–Crippen MR) is 95.9 cm³/mol. The molecule has 1 unspecified atom stereocenters. The maximum absolute atomic E-state index is 10.4. The molecule has 1 fully saturated rings. The molecule has 4 nitrogen and oxygen atoms in total. The van der Waals surface area contributed by atoms with Gasteiger partial charge >= 0.3 is 0 Å². The molecule has 3 heterocycles. The monoisotopic (exact) mass is 345 g/mol. The van der Waals surface area contributed by atoms with Crippen LogP contribution in [-0.4, -0.2) is 42.4 Å². The van der Waals surface area contributed by atoms with E-state index in [2.05, 4.69) is 30.0 Å². The number of aromatic hydroxyl groups is 1. The molecule has 0 amide bonds. The second-order valence-corrected chi connectivity index (χ2v) is 7.90. The van der Waals surface area contributed by atoms with Crippen LogP contribution in [0.25, 0.3) is 10.4 Å². The lowest BCUT2D eigenvalue weighted by Gasteiger charge is -2.22. The van der Waals surface area contributed by atoms with Gasteiger partial charge < -0.3 is 14.6 Å². The van der Waals surface area contributed by atoms with E-state index in [1.807, 2.05) is 6.07 Å². The highest BCUT2D eigenvalue weighted by Crippen LogP contribution is 2.39. The highest BCUT2D eigenvalue weighted by atomic mass is 32.1. The Morgan fingerprint density at radius 1 is 1.29 bits per heavy atom. The van der Waals surface area contributed by atoms with Crippen LogP contribution in [0, 0.1) is 6.92 Å². The average Bonchev–Trinajstić information content (AvgIpc) is 3.16. The third-order valence-electron chi connectivity index (χ3n) is 4.70. The van der Waals surface area contributed by atoms with Gasteiger partial charge in [-0.2, -0.15) is 0 Å². The number of hydrogen-bond acceptors (Lipinski definition) is 5. The first kappa shape index (κ1) is 15.9. The van der Waals surface area contributed by atoms with Gasteiger partial charge in [0.25, 0.3) is 0 Å². The molecule has 0 spiro atoms. The Morgan fingerprint density at radius 3 is 2.96 bits per heavy atom. The zero-order valence-corrected chi connectivity index (χ0v) is 14.8. The third-order valence-corrected chi connectivity index (χ3v) is 5.75. The fourth-order valence-electron chi connectivity index (χ4n) is 3.52. The molecule has 1 N–H and O–H groups in total. The molecule has 5 heteroatoms. The van der Waals surface area contributed by atoms with Gasteiger partial charge in [-0.15, -0.1) is 11.3 Å². The van der Waals surface area contributed by atoms with E-state index in [9.17, 15) is 5.11 Å². The van der Waals surface area contributed by atoms with Crippen LogP contribution in [0.3, 0.4) is 0 Å². The number of rotatable bonds is 3. The summed E-state index contributed by atoms with van der Waals surface area (Å²) >= 11 is 1.75. The fourth-order valence-corrected chi connectivity index (χ4v) is 4.37. The average molecular weight is 345 g/mol. The first-order chi connectivity index (χ1) is 11.7. The Hall–Kier alpha value is -1.56. The van der Waals surface area contributed by atoms with Crippen LogP contribution >= 0.6 is 11.3 Å². The minimum atomic E-state index is 0.243. The number of phenolic OH excluding ortho intramolecular Hbond substituents is 1. The zero-order chi connectivity index (χ0) is 16.5. The van der Waals surface area contributed by atoms with Crippen molar-refractivity contribution in [3.63, 3.8) is 0 Å². The van der Waals surface area contributed by atoms with Crippen molar-refractivity contribution in [1.29, 1.82) is 0 Å². The van der Waals surface area contributed by atoms with Crippen LogP contribution in [0.2, 0.25) is 0 Å². The molecule has 2 aliphatic heterocycles. The van der Waals surface area contributed by atoms with E-state index < -0.39 is 0 Å². The van der Waals surface area contributed by atoms with Crippen molar-refractivity contribution >= 4 is 11.3 Å². The van der Waals surface area contributed by atoms with Crippen LogP contribution < -0.4 is 4.74 Å². The minimum absolute atomic E-state index is 0.243. The molecular weight excluding hydrogens is 322 g/mol. The highest BCUT2D eigenvalue weighted by molar-refractivity contribution is 7.15. The number of phenols is 1. The van der Waals surface area contributed by atoms with Gasteiger partial charge in [-0.05, 0) is 49.6 Å². The lowest BCUT2D eigenvalue weighted by atomic mass is 10.1. The van der Waals surface area contributed by atoms with Gasteiger partial charge in [0, 0.05) is 41.6 Å². The van der Waals surface area contributed by atoms with Crippen LogP contribution in [0.5, 0.6) is 11.5 Å². The first-order valence-corrected chi connectivity index (χ1v) is 9.40. The zero-order valence-electron chi connectivity index (χ0n) is 14.0. The van der Waals surface area contributed by atoms with E-state index in [4.69, 9.17) is 9.47 Å². The third kappa shape index (κ3) is 3.29. The summed E-state index contributed by atoms with van der Waals surface area (Å²) in [5.41, 5.74) is 2.12. The first-order valence-electron chi connectivity index (χ1n) is 8.58. The molecule has 0 bridgehead atoms. The van der Waals surface area contributed by atoms with Crippen LogP contribution in [0.1, 0.15) is 23.3 Å². The molecule has 4 rings (SSSR count). The number of thiophene rings is 1. The molecule has 128 valence electrons. The fraction of sp³-hybridized carbons (Fsp3) is 0.474. The molecular formula is C19H23NO3S. The Morgan fingerprint density at radius 2 is 2.21 bits per heavy atom. The summed E-state index contributed by atoms with van der Waals surface area (Å²) in [6, 6.07) is 8.21. The Bertz CT molecular complexity index is 721. The van der Waals surface area contributed by atoms with Crippen LogP contribution in [0.15, 0.2) is 24.3 Å². The molecule has 1 aromatic carbocycles. The number of ether oxygens (including phenoxy) is 2. The number of nitrogens with zero attached hydrogens (tertiary/aromatic N) is 1. The molecule has 0 radical (unpaired) electrons. The summed E-state index contributed by atoms with van der Waals surface area (Å²) in [4.78, 5) is 4.83. The Kier molecular flexibility index (Phi) is 4.48. The molecule has 2 aromatic rings. The topological polar surface area (TPSA) is 41.9 Å². The maximum Gasteiger partial charge on any atom is 0.165 e. The highest BCUT2D eigenvalue weighted by Gasteiger charge is 2.24. The lowest BCUT2D eigenvalue weighted by molar-refractivity contribution is 0.0687. The molecule has 1 atom stereocenters. The van der Waals surface area contributed by atoms with E-state index in [1.165, 1.54) is 9.75 Å². The van der Waals surface area contributed by atoms with Gasteiger partial charge in [0.1, 0.15) is 6.61 Å². The molecule has 1 aromatic heterocycles. The van der Waals surface area contributed by atoms with Crippen LogP contribution in [0.4, 0.5) is 0 Å². The van der Waals surface area contributed by atoms with Gasteiger partial charge in [0.05, 0.1) is 6.10 Å². The van der Waals surface area contributed by atoms with E-state index in [-0.39, 0.29) is 5.75 Å². The normalized spacial score (nSPS) is 21.3. The molecule has 2 aliphatic rings. The predicted octanol–water partition coefficient (Wildman–Crippen LogP) is 3.80. The summed E-state index contributed by atoms with van der Waals surface area (Å²) in [5.74, 6) is 0.884. The summed E-state index contributed by atoms with van der Waals surface area (Å²) < 4.78 is 11.6. The number of benzene rings is 1. The van der Waals surface area contributed by atoms with Crippen molar-refractivity contribution in [2.75, 3.05) is 26.3 Å². The van der Waals surface area contributed by atoms with E-state index in [0.29, 0.717) is 18.5 Å². The van der Waals surface area contributed by atoms with Gasteiger partial charge in [-0.25, -0.2) is 0 Å². The number of hydrogen-bond donors (Lipinski definition) is 1. The van der Waals surface area contributed by atoms with Gasteiger partial charge in [0.15, 0.2) is 11.5 Å². The van der Waals surface area contributed by atoms with Gasteiger partial charge in [0.2, 0.25) is 0 Å². The maximum atomic E-state index is 10.4. The summed E-state index contributed by atoms with van der Waals surface area (Å²) in [7, 11) is 0. The Labute approximate surface area is 146 Å². The quantitative estimate of drug-likeness (QED) is 0.919. The van der Waals surface area contributed by atoms with E-state index >= 15 is 0 Å². The summed E-state index contributed by atoms with van der Waals surface area (Å²) in [6.07, 6.45) is 2.64. The summed E-state index contributed by atoms with van der Waals surface area (Å²) in [5, 5.41) is 10.4. The molecule has 0 aliphatic carbocycles. The van der Waals surface area contributed by atoms with Crippen molar-refractivity contribution in [3.8, 4) is 21.9 Å². The van der Waals surface area contributed by atoms with E-state index in [0.717, 1.165) is 50.2 Å². The number of aryl methyl sites for hydroxylation is 1. The van der Waals surface area contributed by atoms with Crippen molar-refractivity contribution in [1.82, 2.24) is 4.90 Å². The summed E-state index contributed by atoms with van der Waals surface area (Å²) in [6.45, 7) is 6.18. The van der Waals surface area contributed by atoms with Crippen LogP contribution in [-0.2, 0) is 11.3 Å².